The van der Waals surface area contributed by atoms with Crippen LogP contribution in [0.25, 0.3) is 55.1 Å². The maximum absolute atomic E-state index is 15.1. The molecule has 0 saturated heterocycles. The Morgan fingerprint density at radius 2 is 1.71 bits per heavy atom. The lowest BCUT2D eigenvalue weighted by molar-refractivity contribution is 0.631. The standard InChI is InChI=1S/C28H24FN5/c1-4-24-31-14-23(32-24)19-10-8-17(13-22(19)29)16-7-9-18-21(12-16)25-20(6-5-11-30-25)27-26(18)33-28(34-27)15(2)3/h5-15H,4H2,1-3H3,(H,31,32)(H,33,34). The van der Waals surface area contributed by atoms with Crippen molar-refractivity contribution in [1.82, 2.24) is 24.9 Å². The summed E-state index contributed by atoms with van der Waals surface area (Å²) in [4.78, 5) is 20.6. The van der Waals surface area contributed by atoms with Gasteiger partial charge in [-0.1, -0.05) is 39.0 Å². The van der Waals surface area contributed by atoms with Gasteiger partial charge in [-0.15, -0.1) is 0 Å². The number of hydrogen-bond acceptors (Lipinski definition) is 3. The highest BCUT2D eigenvalue weighted by molar-refractivity contribution is 6.22. The van der Waals surface area contributed by atoms with Gasteiger partial charge < -0.3 is 9.97 Å². The molecule has 0 spiro atoms. The number of aromatic amines is 2. The van der Waals surface area contributed by atoms with Crippen molar-refractivity contribution in [1.29, 1.82) is 0 Å². The van der Waals surface area contributed by atoms with E-state index in [1.165, 1.54) is 0 Å². The number of nitrogens with one attached hydrogen (secondary N) is 2. The summed E-state index contributed by atoms with van der Waals surface area (Å²) in [5.41, 5.74) is 5.81. The summed E-state index contributed by atoms with van der Waals surface area (Å²) in [5.74, 6) is 1.81. The molecule has 168 valence electrons. The highest BCUT2D eigenvalue weighted by Crippen LogP contribution is 2.36. The fourth-order valence-corrected chi connectivity index (χ4v) is 4.60. The Kier molecular flexibility index (Phi) is 4.69. The van der Waals surface area contributed by atoms with Gasteiger partial charge in [0, 0.05) is 40.3 Å². The molecule has 0 bridgehead atoms. The maximum atomic E-state index is 15.1. The normalized spacial score (nSPS) is 11.9. The molecule has 6 rings (SSSR count). The summed E-state index contributed by atoms with van der Waals surface area (Å²) in [7, 11) is 0. The van der Waals surface area contributed by atoms with Gasteiger partial charge in [0.1, 0.15) is 17.5 Å². The van der Waals surface area contributed by atoms with Crippen LogP contribution in [0.3, 0.4) is 0 Å². The summed E-state index contributed by atoms with van der Waals surface area (Å²) in [6.45, 7) is 6.27. The molecule has 5 nitrogen and oxygen atoms in total. The molecule has 2 N–H and O–H groups in total. The fourth-order valence-electron chi connectivity index (χ4n) is 4.60. The number of pyridine rings is 1. The molecular weight excluding hydrogens is 425 g/mol. The van der Waals surface area contributed by atoms with Crippen molar-refractivity contribution in [2.24, 2.45) is 0 Å². The molecule has 0 atom stereocenters. The van der Waals surface area contributed by atoms with Crippen LogP contribution >= 0.6 is 0 Å². The average Bonchev–Trinajstić information content (AvgIpc) is 3.52. The molecule has 3 heterocycles. The van der Waals surface area contributed by atoms with Crippen molar-refractivity contribution in [3.05, 3.63) is 78.4 Å². The number of aromatic nitrogens is 5. The first-order valence-electron chi connectivity index (χ1n) is 11.6. The quantitative estimate of drug-likeness (QED) is 0.281. The first-order valence-corrected chi connectivity index (χ1v) is 11.6. The molecule has 0 fully saturated rings. The zero-order valence-corrected chi connectivity index (χ0v) is 19.3. The maximum Gasteiger partial charge on any atom is 0.133 e. The van der Waals surface area contributed by atoms with Gasteiger partial charge in [-0.05, 0) is 41.5 Å². The van der Waals surface area contributed by atoms with Gasteiger partial charge in [0.25, 0.3) is 0 Å². The van der Waals surface area contributed by atoms with E-state index in [4.69, 9.17) is 9.97 Å². The minimum atomic E-state index is -0.280. The molecule has 0 unspecified atom stereocenters. The Labute approximate surface area is 196 Å². The molecule has 3 aromatic carbocycles. The van der Waals surface area contributed by atoms with Crippen molar-refractivity contribution in [2.75, 3.05) is 0 Å². The minimum Gasteiger partial charge on any atom is -0.342 e. The van der Waals surface area contributed by atoms with Crippen molar-refractivity contribution >= 4 is 32.7 Å². The first kappa shape index (κ1) is 20.5. The van der Waals surface area contributed by atoms with E-state index in [9.17, 15) is 0 Å². The van der Waals surface area contributed by atoms with E-state index in [0.717, 1.165) is 61.9 Å². The van der Waals surface area contributed by atoms with Crippen LogP contribution in [-0.2, 0) is 6.42 Å². The summed E-state index contributed by atoms with van der Waals surface area (Å²) < 4.78 is 15.1. The number of benzene rings is 3. The molecule has 6 aromatic rings. The number of H-pyrrole nitrogens is 2. The number of aryl methyl sites for hydroxylation is 1. The highest BCUT2D eigenvalue weighted by Gasteiger charge is 2.16. The van der Waals surface area contributed by atoms with Crippen molar-refractivity contribution in [3.63, 3.8) is 0 Å². The molecule has 0 radical (unpaired) electrons. The second-order valence-corrected chi connectivity index (χ2v) is 8.95. The first-order chi connectivity index (χ1) is 16.5. The predicted octanol–water partition coefficient (Wildman–Crippen LogP) is 7.15. The van der Waals surface area contributed by atoms with Crippen LogP contribution in [0.15, 0.2) is 60.9 Å². The number of nitrogens with zero attached hydrogens (tertiary/aromatic N) is 3. The van der Waals surface area contributed by atoms with Crippen LogP contribution in [0.1, 0.15) is 38.3 Å². The summed E-state index contributed by atoms with van der Waals surface area (Å²) >= 11 is 0. The smallest absolute Gasteiger partial charge is 0.133 e. The second-order valence-electron chi connectivity index (χ2n) is 8.95. The molecule has 0 amide bonds. The van der Waals surface area contributed by atoms with E-state index in [0.29, 0.717) is 17.2 Å². The van der Waals surface area contributed by atoms with Crippen molar-refractivity contribution < 1.29 is 4.39 Å². The van der Waals surface area contributed by atoms with Gasteiger partial charge in [-0.2, -0.15) is 0 Å². The highest BCUT2D eigenvalue weighted by atomic mass is 19.1. The van der Waals surface area contributed by atoms with E-state index in [-0.39, 0.29) is 5.82 Å². The summed E-state index contributed by atoms with van der Waals surface area (Å²) in [6.07, 6.45) is 4.27. The number of imidazole rings is 2. The van der Waals surface area contributed by atoms with Crippen LogP contribution in [0.4, 0.5) is 4.39 Å². The molecule has 34 heavy (non-hydrogen) atoms. The van der Waals surface area contributed by atoms with Gasteiger partial charge >= 0.3 is 0 Å². The van der Waals surface area contributed by atoms with E-state index < -0.39 is 0 Å². The third kappa shape index (κ3) is 3.17. The average molecular weight is 450 g/mol. The van der Waals surface area contributed by atoms with E-state index in [2.05, 4.69) is 47.0 Å². The van der Waals surface area contributed by atoms with Crippen molar-refractivity contribution in [2.45, 2.75) is 33.1 Å². The van der Waals surface area contributed by atoms with Gasteiger partial charge in [0.15, 0.2) is 0 Å². The second kappa shape index (κ2) is 7.76. The van der Waals surface area contributed by atoms with Crippen LogP contribution in [0.2, 0.25) is 0 Å². The van der Waals surface area contributed by atoms with Gasteiger partial charge in [-0.25, -0.2) is 14.4 Å². The Bertz CT molecular complexity index is 1690. The van der Waals surface area contributed by atoms with Crippen LogP contribution in [0, 0.1) is 5.82 Å². The van der Waals surface area contributed by atoms with Gasteiger partial charge in [0.05, 0.1) is 28.4 Å². The zero-order chi connectivity index (χ0) is 23.4. The molecule has 0 aliphatic heterocycles. The predicted molar refractivity (Wildman–Crippen MR) is 135 cm³/mol. The third-order valence-electron chi connectivity index (χ3n) is 6.43. The van der Waals surface area contributed by atoms with Gasteiger partial charge in [0.2, 0.25) is 0 Å². The van der Waals surface area contributed by atoms with Crippen LogP contribution in [0.5, 0.6) is 0 Å². The largest absolute Gasteiger partial charge is 0.342 e. The molecule has 0 aliphatic rings. The minimum absolute atomic E-state index is 0.280. The number of halogens is 1. The monoisotopic (exact) mass is 449 g/mol. The van der Waals surface area contributed by atoms with E-state index in [1.54, 1.807) is 18.5 Å². The Hall–Kier alpha value is -4.06. The molecule has 0 saturated carbocycles. The molecular formula is C28H24FN5. The number of fused-ring (bicyclic) bond motifs is 6. The van der Waals surface area contributed by atoms with E-state index >= 15 is 4.39 Å². The van der Waals surface area contributed by atoms with Crippen LogP contribution in [-0.4, -0.2) is 24.9 Å². The third-order valence-corrected chi connectivity index (χ3v) is 6.43. The SMILES string of the molecule is CCc1ncc(-c2ccc(-c3ccc4c(c3)c3ncccc3c3nc(C(C)C)[nH]c43)cc2F)[nH]1. The molecule has 0 aliphatic carbocycles. The Morgan fingerprint density at radius 3 is 2.47 bits per heavy atom. The van der Waals surface area contributed by atoms with Crippen molar-refractivity contribution in [3.8, 4) is 22.4 Å². The lowest BCUT2D eigenvalue weighted by Gasteiger charge is -2.09. The molecule has 6 heteroatoms. The molecule has 3 aromatic heterocycles. The number of rotatable bonds is 4. The summed E-state index contributed by atoms with van der Waals surface area (Å²) in [5, 5.41) is 3.09. The Morgan fingerprint density at radius 1 is 0.882 bits per heavy atom. The lowest BCUT2D eigenvalue weighted by atomic mass is 9.97. The number of hydrogen-bond donors (Lipinski definition) is 2. The summed E-state index contributed by atoms with van der Waals surface area (Å²) in [6, 6.07) is 15.6. The van der Waals surface area contributed by atoms with E-state index in [1.807, 2.05) is 31.2 Å². The lowest BCUT2D eigenvalue weighted by Crippen LogP contribution is -1.89. The van der Waals surface area contributed by atoms with Crippen LogP contribution < -0.4 is 0 Å². The fraction of sp³-hybridized carbons (Fsp3) is 0.179. The van der Waals surface area contributed by atoms with Gasteiger partial charge in [-0.3, -0.25) is 4.98 Å². The Balaban J connectivity index is 1.53. The zero-order valence-electron chi connectivity index (χ0n) is 19.3. The topological polar surface area (TPSA) is 70.2 Å².